The van der Waals surface area contributed by atoms with Crippen molar-refractivity contribution in [1.82, 2.24) is 4.90 Å². The second-order valence-corrected chi connectivity index (χ2v) is 8.84. The second kappa shape index (κ2) is 7.50. The average molecular weight is 382 g/mol. The number of hydrogen-bond acceptors (Lipinski definition) is 3. The van der Waals surface area contributed by atoms with E-state index in [0.717, 1.165) is 11.3 Å². The van der Waals surface area contributed by atoms with Crippen molar-refractivity contribution in [3.63, 3.8) is 0 Å². The first kappa shape index (κ1) is 20.2. The van der Waals surface area contributed by atoms with E-state index >= 15 is 0 Å². The maximum absolute atomic E-state index is 13.4. The molecule has 0 saturated heterocycles. The summed E-state index contributed by atoms with van der Waals surface area (Å²) >= 11 is 0. The van der Waals surface area contributed by atoms with Gasteiger partial charge in [-0.15, -0.1) is 0 Å². The Morgan fingerprint density at radius 1 is 0.964 bits per heavy atom. The Bertz CT molecular complexity index is 893. The highest BCUT2D eigenvalue weighted by molar-refractivity contribution is 5.97. The molecule has 1 amide bonds. The molecular formula is C24H31NO3. The molecule has 28 heavy (non-hydrogen) atoms. The standard InChI is InChI=1S/C24H31NO3/c1-15(2)19-11-20(22(28-7)12-21(19)27-6)23(26)25-13-16-8-9-18(24(3,4)5)10-17(16)14-25/h8-12,15H,13-14H2,1-7H3. The van der Waals surface area contributed by atoms with Crippen LogP contribution in [0.25, 0.3) is 0 Å². The Balaban J connectivity index is 1.93. The van der Waals surface area contributed by atoms with Crippen LogP contribution in [0.4, 0.5) is 0 Å². The Hall–Kier alpha value is -2.49. The fourth-order valence-corrected chi connectivity index (χ4v) is 3.72. The fraction of sp³-hybridized carbons (Fsp3) is 0.458. The lowest BCUT2D eigenvalue weighted by molar-refractivity contribution is 0.0747. The number of carbonyl (C=O) groups is 1. The average Bonchev–Trinajstić information content (AvgIpc) is 3.08. The number of rotatable bonds is 4. The highest BCUT2D eigenvalue weighted by atomic mass is 16.5. The molecule has 0 radical (unpaired) electrons. The van der Waals surface area contributed by atoms with Crippen LogP contribution in [0.1, 0.15) is 73.1 Å². The monoisotopic (exact) mass is 381 g/mol. The van der Waals surface area contributed by atoms with Crippen LogP contribution in [0.3, 0.4) is 0 Å². The molecule has 2 aromatic rings. The molecule has 0 bridgehead atoms. The predicted octanol–water partition coefficient (Wildman–Crippen LogP) is 5.28. The number of nitrogens with zero attached hydrogens (tertiary/aromatic N) is 1. The highest BCUT2D eigenvalue weighted by Gasteiger charge is 2.28. The summed E-state index contributed by atoms with van der Waals surface area (Å²) < 4.78 is 11.0. The van der Waals surface area contributed by atoms with Gasteiger partial charge >= 0.3 is 0 Å². The fourth-order valence-electron chi connectivity index (χ4n) is 3.72. The predicted molar refractivity (Wildman–Crippen MR) is 112 cm³/mol. The minimum Gasteiger partial charge on any atom is -0.496 e. The Morgan fingerprint density at radius 2 is 1.61 bits per heavy atom. The van der Waals surface area contributed by atoms with Gasteiger partial charge in [0.25, 0.3) is 5.91 Å². The third-order valence-electron chi connectivity index (χ3n) is 5.49. The number of ether oxygens (including phenoxy) is 2. The van der Waals surface area contributed by atoms with E-state index in [1.54, 1.807) is 14.2 Å². The summed E-state index contributed by atoms with van der Waals surface area (Å²) in [6.07, 6.45) is 0. The first-order valence-electron chi connectivity index (χ1n) is 9.83. The van der Waals surface area contributed by atoms with Gasteiger partial charge in [0.1, 0.15) is 11.5 Å². The molecule has 1 aliphatic heterocycles. The van der Waals surface area contributed by atoms with E-state index < -0.39 is 0 Å². The van der Waals surface area contributed by atoms with Crippen molar-refractivity contribution >= 4 is 5.91 Å². The van der Waals surface area contributed by atoms with Crippen molar-refractivity contribution in [1.29, 1.82) is 0 Å². The van der Waals surface area contributed by atoms with Gasteiger partial charge in [-0.25, -0.2) is 0 Å². The molecule has 1 heterocycles. The molecule has 3 rings (SSSR count). The Labute approximate surface area is 168 Å². The molecule has 0 N–H and O–H groups in total. The van der Waals surface area contributed by atoms with E-state index in [-0.39, 0.29) is 17.2 Å². The van der Waals surface area contributed by atoms with Crippen LogP contribution >= 0.6 is 0 Å². The molecule has 0 aliphatic carbocycles. The minimum atomic E-state index is -0.00471. The molecule has 0 atom stereocenters. The summed E-state index contributed by atoms with van der Waals surface area (Å²) in [4.78, 5) is 15.3. The van der Waals surface area contributed by atoms with Crippen molar-refractivity contribution in [2.75, 3.05) is 14.2 Å². The van der Waals surface area contributed by atoms with E-state index in [0.29, 0.717) is 24.4 Å². The van der Waals surface area contributed by atoms with Crippen LogP contribution in [-0.4, -0.2) is 25.0 Å². The van der Waals surface area contributed by atoms with E-state index in [9.17, 15) is 4.79 Å². The van der Waals surface area contributed by atoms with Gasteiger partial charge in [-0.2, -0.15) is 0 Å². The molecule has 0 fully saturated rings. The number of carbonyl (C=O) groups excluding carboxylic acids is 1. The van der Waals surface area contributed by atoms with Gasteiger partial charge in [-0.3, -0.25) is 4.79 Å². The Morgan fingerprint density at radius 3 is 2.18 bits per heavy atom. The SMILES string of the molecule is COc1cc(OC)c(C(C)C)cc1C(=O)N1Cc2ccc(C(C)(C)C)cc2C1. The van der Waals surface area contributed by atoms with Crippen molar-refractivity contribution in [2.24, 2.45) is 0 Å². The smallest absolute Gasteiger partial charge is 0.258 e. The van der Waals surface area contributed by atoms with Crippen molar-refractivity contribution in [3.8, 4) is 11.5 Å². The van der Waals surface area contributed by atoms with Gasteiger partial charge in [0.2, 0.25) is 0 Å². The van der Waals surface area contributed by atoms with Crippen LogP contribution in [0.5, 0.6) is 11.5 Å². The molecule has 2 aromatic carbocycles. The van der Waals surface area contributed by atoms with Gasteiger partial charge in [0.15, 0.2) is 0 Å². The summed E-state index contributed by atoms with van der Waals surface area (Å²) in [7, 11) is 3.24. The van der Waals surface area contributed by atoms with E-state index in [4.69, 9.17) is 9.47 Å². The zero-order valence-electron chi connectivity index (χ0n) is 18.1. The molecule has 1 aliphatic rings. The van der Waals surface area contributed by atoms with E-state index in [1.165, 1.54) is 16.7 Å². The molecular weight excluding hydrogens is 350 g/mol. The van der Waals surface area contributed by atoms with Gasteiger partial charge in [0, 0.05) is 19.2 Å². The number of fused-ring (bicyclic) bond motifs is 1. The number of amides is 1. The van der Waals surface area contributed by atoms with Gasteiger partial charge < -0.3 is 14.4 Å². The zero-order valence-corrected chi connectivity index (χ0v) is 18.1. The third-order valence-corrected chi connectivity index (χ3v) is 5.49. The molecule has 0 aromatic heterocycles. The summed E-state index contributed by atoms with van der Waals surface area (Å²) in [6, 6.07) is 10.3. The summed E-state index contributed by atoms with van der Waals surface area (Å²) in [5.41, 5.74) is 5.45. The molecule has 0 unspecified atom stereocenters. The largest absolute Gasteiger partial charge is 0.496 e. The lowest BCUT2D eigenvalue weighted by atomic mass is 9.85. The molecule has 0 spiro atoms. The summed E-state index contributed by atoms with van der Waals surface area (Å²) in [5.74, 6) is 1.55. The third kappa shape index (κ3) is 3.73. The lowest BCUT2D eigenvalue weighted by Crippen LogP contribution is -2.26. The number of benzene rings is 2. The summed E-state index contributed by atoms with van der Waals surface area (Å²) in [6.45, 7) is 12.1. The molecule has 0 saturated carbocycles. The topological polar surface area (TPSA) is 38.8 Å². The lowest BCUT2D eigenvalue weighted by Gasteiger charge is -2.20. The molecule has 4 heteroatoms. The molecule has 150 valence electrons. The van der Waals surface area contributed by atoms with Crippen LogP contribution < -0.4 is 9.47 Å². The van der Waals surface area contributed by atoms with Crippen molar-refractivity contribution in [3.05, 3.63) is 58.1 Å². The van der Waals surface area contributed by atoms with Gasteiger partial charge in [0.05, 0.1) is 19.8 Å². The Kier molecular flexibility index (Phi) is 5.42. The van der Waals surface area contributed by atoms with Crippen LogP contribution in [-0.2, 0) is 18.5 Å². The highest BCUT2D eigenvalue weighted by Crippen LogP contribution is 2.36. The van der Waals surface area contributed by atoms with Crippen molar-refractivity contribution < 1.29 is 14.3 Å². The zero-order chi connectivity index (χ0) is 20.6. The van der Waals surface area contributed by atoms with Crippen LogP contribution in [0, 0.1) is 0 Å². The second-order valence-electron chi connectivity index (χ2n) is 8.84. The summed E-state index contributed by atoms with van der Waals surface area (Å²) in [5, 5.41) is 0. The quantitative estimate of drug-likeness (QED) is 0.723. The van der Waals surface area contributed by atoms with Crippen LogP contribution in [0.15, 0.2) is 30.3 Å². The maximum atomic E-state index is 13.4. The van der Waals surface area contributed by atoms with E-state index in [1.807, 2.05) is 17.0 Å². The van der Waals surface area contributed by atoms with Gasteiger partial charge in [-0.1, -0.05) is 52.8 Å². The maximum Gasteiger partial charge on any atom is 0.258 e. The molecule has 4 nitrogen and oxygen atoms in total. The van der Waals surface area contributed by atoms with Gasteiger partial charge in [-0.05, 0) is 39.7 Å². The van der Waals surface area contributed by atoms with E-state index in [2.05, 4.69) is 52.8 Å². The minimum absolute atomic E-state index is 0.00471. The first-order valence-corrected chi connectivity index (χ1v) is 9.83. The number of hydrogen-bond donors (Lipinski definition) is 0. The van der Waals surface area contributed by atoms with Crippen molar-refractivity contribution in [2.45, 2.75) is 59.0 Å². The number of methoxy groups -OCH3 is 2. The normalized spacial score (nSPS) is 13.6. The first-order chi connectivity index (χ1) is 13.2. The van der Waals surface area contributed by atoms with Crippen LogP contribution in [0.2, 0.25) is 0 Å².